The third-order valence-electron chi connectivity index (χ3n) is 3.77. The lowest BCUT2D eigenvalue weighted by molar-refractivity contribution is 0.198. The molecule has 0 bridgehead atoms. The van der Waals surface area contributed by atoms with Gasteiger partial charge in [-0.2, -0.15) is 0 Å². The molecule has 0 aliphatic carbocycles. The van der Waals surface area contributed by atoms with Gasteiger partial charge >= 0.3 is 0 Å². The summed E-state index contributed by atoms with van der Waals surface area (Å²) in [4.78, 5) is 13.6. The number of rotatable bonds is 9. The second kappa shape index (κ2) is 9.48. The van der Waals surface area contributed by atoms with Crippen LogP contribution in [-0.4, -0.2) is 35.2 Å². The highest BCUT2D eigenvalue weighted by Gasteiger charge is 2.07. The Balaban J connectivity index is 1.77. The lowest BCUT2D eigenvalue weighted by Gasteiger charge is -2.11. The van der Waals surface area contributed by atoms with Crippen LogP contribution in [0.15, 0.2) is 60.8 Å². The zero-order valence-electron chi connectivity index (χ0n) is 14.9. The maximum atomic E-state index is 5.09. The first kappa shape index (κ1) is 17.8. The minimum Gasteiger partial charge on any atom is -0.385 e. The molecule has 6 nitrogen and oxygen atoms in total. The topological polar surface area (TPSA) is 72.0 Å². The molecule has 26 heavy (non-hydrogen) atoms. The van der Waals surface area contributed by atoms with Gasteiger partial charge in [0.1, 0.15) is 11.6 Å². The third kappa shape index (κ3) is 5.26. The van der Waals surface area contributed by atoms with Gasteiger partial charge in [0.05, 0.1) is 12.2 Å². The van der Waals surface area contributed by atoms with Gasteiger partial charge in [-0.15, -0.1) is 0 Å². The van der Waals surface area contributed by atoms with Crippen LogP contribution in [0, 0.1) is 0 Å². The number of benzene rings is 1. The summed E-state index contributed by atoms with van der Waals surface area (Å²) in [6.07, 6.45) is 2.70. The Morgan fingerprint density at radius 1 is 0.923 bits per heavy atom. The molecule has 0 aliphatic rings. The number of nitrogens with zero attached hydrogens (tertiary/aromatic N) is 3. The lowest BCUT2D eigenvalue weighted by atomic mass is 10.2. The van der Waals surface area contributed by atoms with E-state index in [1.807, 2.05) is 54.6 Å². The van der Waals surface area contributed by atoms with Crippen molar-refractivity contribution in [3.63, 3.8) is 0 Å². The van der Waals surface area contributed by atoms with Crippen LogP contribution >= 0.6 is 0 Å². The molecule has 0 saturated heterocycles. The van der Waals surface area contributed by atoms with Gasteiger partial charge in [0.2, 0.25) is 0 Å². The first-order chi connectivity index (χ1) is 12.8. The van der Waals surface area contributed by atoms with Gasteiger partial charge in [-0.25, -0.2) is 9.97 Å². The summed E-state index contributed by atoms with van der Waals surface area (Å²) in [5, 5.41) is 6.68. The van der Waals surface area contributed by atoms with Crippen LogP contribution in [0.3, 0.4) is 0 Å². The van der Waals surface area contributed by atoms with Crippen molar-refractivity contribution in [2.24, 2.45) is 0 Å². The summed E-state index contributed by atoms with van der Waals surface area (Å²) in [7, 11) is 1.71. The van der Waals surface area contributed by atoms with E-state index in [0.29, 0.717) is 19.0 Å². The van der Waals surface area contributed by atoms with Crippen molar-refractivity contribution >= 4 is 11.6 Å². The Morgan fingerprint density at radius 2 is 1.69 bits per heavy atom. The number of anilines is 2. The van der Waals surface area contributed by atoms with Crippen molar-refractivity contribution in [1.29, 1.82) is 0 Å². The number of hydrogen-bond acceptors (Lipinski definition) is 6. The maximum absolute atomic E-state index is 5.09. The van der Waals surface area contributed by atoms with Crippen LogP contribution in [-0.2, 0) is 11.3 Å². The van der Waals surface area contributed by atoms with E-state index in [0.717, 1.165) is 35.9 Å². The molecule has 0 radical (unpaired) electrons. The number of aromatic nitrogens is 3. The molecule has 1 aromatic carbocycles. The quantitative estimate of drug-likeness (QED) is 0.575. The predicted octanol–water partition coefficient (Wildman–Crippen LogP) is 3.60. The predicted molar refractivity (Wildman–Crippen MR) is 104 cm³/mol. The number of hydrogen-bond donors (Lipinski definition) is 2. The Bertz CT molecular complexity index is 796. The molecular formula is C20H23N5O. The van der Waals surface area contributed by atoms with E-state index >= 15 is 0 Å². The number of ether oxygens (including phenoxy) is 1. The fourth-order valence-corrected chi connectivity index (χ4v) is 2.46. The Hall–Kier alpha value is -2.99. The summed E-state index contributed by atoms with van der Waals surface area (Å²) in [5.41, 5.74) is 1.94. The third-order valence-corrected chi connectivity index (χ3v) is 3.77. The van der Waals surface area contributed by atoms with Crippen LogP contribution < -0.4 is 10.6 Å². The van der Waals surface area contributed by atoms with Crippen LogP contribution in [0.4, 0.5) is 11.6 Å². The zero-order valence-corrected chi connectivity index (χ0v) is 14.9. The standard InChI is InChI=1S/C20H23N5O/c1-26-13-7-12-22-18-14-19(23-15-17-10-5-6-11-21-17)25-20(24-18)16-8-3-2-4-9-16/h2-6,8-11,14H,7,12-13,15H2,1H3,(H2,22,23,24,25). The molecule has 0 atom stereocenters. The molecule has 6 heteroatoms. The fraction of sp³-hybridized carbons (Fsp3) is 0.250. The van der Waals surface area contributed by atoms with E-state index in [1.165, 1.54) is 0 Å². The molecule has 0 amide bonds. The van der Waals surface area contributed by atoms with Gasteiger partial charge in [-0.05, 0) is 18.6 Å². The Kier molecular flexibility index (Phi) is 6.50. The molecule has 2 aromatic heterocycles. The first-order valence-electron chi connectivity index (χ1n) is 8.66. The minimum absolute atomic E-state index is 0.606. The molecule has 0 saturated carbocycles. The molecule has 2 heterocycles. The summed E-state index contributed by atoms with van der Waals surface area (Å²) in [6.45, 7) is 2.11. The van der Waals surface area contributed by atoms with Crippen molar-refractivity contribution in [2.75, 3.05) is 30.9 Å². The molecule has 3 rings (SSSR count). The average Bonchev–Trinajstić information content (AvgIpc) is 2.71. The normalized spacial score (nSPS) is 10.5. The lowest BCUT2D eigenvalue weighted by Crippen LogP contribution is -2.09. The molecule has 2 N–H and O–H groups in total. The van der Waals surface area contributed by atoms with Gasteiger partial charge in [-0.1, -0.05) is 36.4 Å². The summed E-state index contributed by atoms with van der Waals surface area (Å²) < 4.78 is 5.09. The molecule has 0 spiro atoms. The first-order valence-corrected chi connectivity index (χ1v) is 8.66. The van der Waals surface area contributed by atoms with Gasteiger partial charge in [0.25, 0.3) is 0 Å². The molecule has 0 unspecified atom stereocenters. The van der Waals surface area contributed by atoms with Crippen molar-refractivity contribution in [1.82, 2.24) is 15.0 Å². The van der Waals surface area contributed by atoms with Gasteiger partial charge < -0.3 is 15.4 Å². The Morgan fingerprint density at radius 3 is 2.42 bits per heavy atom. The van der Waals surface area contributed by atoms with E-state index in [9.17, 15) is 0 Å². The van der Waals surface area contributed by atoms with Gasteiger partial charge in [0.15, 0.2) is 5.82 Å². The smallest absolute Gasteiger partial charge is 0.163 e. The van der Waals surface area contributed by atoms with Crippen LogP contribution in [0.25, 0.3) is 11.4 Å². The van der Waals surface area contributed by atoms with Crippen LogP contribution in [0.2, 0.25) is 0 Å². The minimum atomic E-state index is 0.606. The number of methoxy groups -OCH3 is 1. The summed E-state index contributed by atoms with van der Waals surface area (Å²) >= 11 is 0. The zero-order chi connectivity index (χ0) is 18.0. The number of nitrogens with one attached hydrogen (secondary N) is 2. The van der Waals surface area contributed by atoms with Crippen molar-refractivity contribution < 1.29 is 4.74 Å². The van der Waals surface area contributed by atoms with Crippen molar-refractivity contribution in [3.05, 3.63) is 66.5 Å². The summed E-state index contributed by atoms with van der Waals surface area (Å²) in [5.74, 6) is 2.24. The average molecular weight is 349 g/mol. The largest absolute Gasteiger partial charge is 0.385 e. The molecular weight excluding hydrogens is 326 g/mol. The fourth-order valence-electron chi connectivity index (χ4n) is 2.46. The molecule has 0 fully saturated rings. The van der Waals surface area contributed by atoms with Crippen LogP contribution in [0.1, 0.15) is 12.1 Å². The van der Waals surface area contributed by atoms with E-state index in [2.05, 4.69) is 25.6 Å². The molecule has 3 aromatic rings. The highest BCUT2D eigenvalue weighted by atomic mass is 16.5. The molecule has 0 aliphatic heterocycles. The maximum Gasteiger partial charge on any atom is 0.163 e. The second-order valence-electron chi connectivity index (χ2n) is 5.78. The highest BCUT2D eigenvalue weighted by Crippen LogP contribution is 2.20. The van der Waals surface area contributed by atoms with E-state index in [-0.39, 0.29) is 0 Å². The monoisotopic (exact) mass is 349 g/mol. The van der Waals surface area contributed by atoms with E-state index < -0.39 is 0 Å². The van der Waals surface area contributed by atoms with Gasteiger partial charge in [-0.3, -0.25) is 4.98 Å². The van der Waals surface area contributed by atoms with Crippen molar-refractivity contribution in [2.45, 2.75) is 13.0 Å². The van der Waals surface area contributed by atoms with Crippen LogP contribution in [0.5, 0.6) is 0 Å². The highest BCUT2D eigenvalue weighted by molar-refractivity contribution is 5.61. The SMILES string of the molecule is COCCCNc1cc(NCc2ccccn2)nc(-c2ccccc2)n1. The molecule has 134 valence electrons. The van der Waals surface area contributed by atoms with E-state index in [1.54, 1.807) is 13.3 Å². The van der Waals surface area contributed by atoms with Gasteiger partial charge in [0, 0.05) is 38.1 Å². The van der Waals surface area contributed by atoms with E-state index in [4.69, 9.17) is 4.74 Å². The number of pyridine rings is 1. The Labute approximate surface area is 153 Å². The van der Waals surface area contributed by atoms with Crippen molar-refractivity contribution in [3.8, 4) is 11.4 Å². The summed E-state index contributed by atoms with van der Waals surface area (Å²) in [6, 6.07) is 17.7. The second-order valence-corrected chi connectivity index (χ2v) is 5.78.